The molecule has 1 N–H and O–H groups in total. The summed E-state index contributed by atoms with van der Waals surface area (Å²) in [4.78, 5) is 13.5. The van der Waals surface area contributed by atoms with Gasteiger partial charge in [-0.1, -0.05) is 6.92 Å². The number of amides is 1. The van der Waals surface area contributed by atoms with Crippen molar-refractivity contribution >= 4 is 5.91 Å². The fourth-order valence-electron chi connectivity index (χ4n) is 1.94. The first-order valence-electron chi connectivity index (χ1n) is 5.20. The highest BCUT2D eigenvalue weighted by Crippen LogP contribution is 2.17. The summed E-state index contributed by atoms with van der Waals surface area (Å²) in [7, 11) is 0. The van der Waals surface area contributed by atoms with Crippen LogP contribution in [0.15, 0.2) is 0 Å². The lowest BCUT2D eigenvalue weighted by Gasteiger charge is -2.33. The highest BCUT2D eigenvalue weighted by Gasteiger charge is 2.23. The molecule has 1 rings (SSSR count). The van der Waals surface area contributed by atoms with E-state index in [1.807, 2.05) is 4.90 Å². The lowest BCUT2D eigenvalue weighted by molar-refractivity contribution is -0.136. The maximum absolute atomic E-state index is 11.5. The van der Waals surface area contributed by atoms with Crippen molar-refractivity contribution in [1.82, 2.24) is 4.90 Å². The quantitative estimate of drug-likeness (QED) is 0.714. The number of carbonyl (C=O) groups is 1. The number of rotatable bonds is 4. The molecule has 0 bridgehead atoms. The Bertz CT molecular complexity index is 170. The fraction of sp³-hybridized carbons (Fsp3) is 0.900. The molecule has 1 atom stereocenters. The van der Waals surface area contributed by atoms with E-state index in [-0.39, 0.29) is 18.6 Å². The molecule has 0 aromatic rings. The second-order valence-electron chi connectivity index (χ2n) is 3.62. The average Bonchev–Trinajstić information content (AvgIpc) is 2.16. The summed E-state index contributed by atoms with van der Waals surface area (Å²) in [5.74, 6) is 0.270. The second-order valence-corrected chi connectivity index (χ2v) is 3.62. The Kier molecular flexibility index (Phi) is 4.22. The van der Waals surface area contributed by atoms with Gasteiger partial charge in [-0.2, -0.15) is 0 Å². The Morgan fingerprint density at radius 1 is 1.54 bits per heavy atom. The maximum atomic E-state index is 11.5. The molecule has 0 saturated carbocycles. The Morgan fingerprint density at radius 2 is 2.31 bits per heavy atom. The molecule has 1 amide bonds. The van der Waals surface area contributed by atoms with Gasteiger partial charge < -0.3 is 10.0 Å². The molecule has 3 nitrogen and oxygen atoms in total. The van der Waals surface area contributed by atoms with Crippen molar-refractivity contribution in [2.75, 3.05) is 13.2 Å². The summed E-state index contributed by atoms with van der Waals surface area (Å²) < 4.78 is 0. The van der Waals surface area contributed by atoms with Crippen LogP contribution in [0.5, 0.6) is 0 Å². The molecule has 1 unspecified atom stereocenters. The zero-order valence-electron chi connectivity index (χ0n) is 8.33. The predicted molar refractivity (Wildman–Crippen MR) is 51.3 cm³/mol. The van der Waals surface area contributed by atoms with E-state index < -0.39 is 0 Å². The normalized spacial score (nSPS) is 20.5. The Morgan fingerprint density at radius 3 is 2.85 bits per heavy atom. The predicted octanol–water partition coefficient (Wildman–Crippen LogP) is 1.16. The Hall–Kier alpha value is -0.570. The van der Waals surface area contributed by atoms with E-state index >= 15 is 0 Å². The molecule has 1 fully saturated rings. The number of hydrogen-bond donors (Lipinski definition) is 1. The number of piperidine rings is 1. The summed E-state index contributed by atoms with van der Waals surface area (Å²) in [6.45, 7) is 3.14. The second kappa shape index (κ2) is 5.22. The van der Waals surface area contributed by atoms with Gasteiger partial charge >= 0.3 is 0 Å². The van der Waals surface area contributed by atoms with Gasteiger partial charge in [0.25, 0.3) is 0 Å². The first kappa shape index (κ1) is 10.5. The molecule has 1 saturated heterocycles. The third-order valence-corrected chi connectivity index (χ3v) is 2.73. The molecule has 0 aliphatic carbocycles. The topological polar surface area (TPSA) is 40.5 Å². The summed E-state index contributed by atoms with van der Waals surface area (Å²) >= 11 is 0. The minimum absolute atomic E-state index is 0.183. The minimum atomic E-state index is 0.183. The molecular formula is C10H19NO2. The minimum Gasteiger partial charge on any atom is -0.396 e. The molecular weight excluding hydrogens is 166 g/mol. The van der Waals surface area contributed by atoms with Crippen LogP contribution in [-0.2, 0) is 4.79 Å². The van der Waals surface area contributed by atoms with Crippen LogP contribution in [-0.4, -0.2) is 35.1 Å². The van der Waals surface area contributed by atoms with E-state index in [1.54, 1.807) is 0 Å². The molecule has 3 heteroatoms. The van der Waals surface area contributed by atoms with Crippen LogP contribution < -0.4 is 0 Å². The maximum Gasteiger partial charge on any atom is 0.222 e. The zero-order chi connectivity index (χ0) is 9.68. The van der Waals surface area contributed by atoms with Crippen molar-refractivity contribution in [2.24, 2.45) is 0 Å². The smallest absolute Gasteiger partial charge is 0.222 e. The number of aliphatic hydroxyl groups is 1. The lowest BCUT2D eigenvalue weighted by Crippen LogP contribution is -2.43. The van der Waals surface area contributed by atoms with Crippen LogP contribution in [0.3, 0.4) is 0 Å². The van der Waals surface area contributed by atoms with Gasteiger partial charge in [0.15, 0.2) is 0 Å². The van der Waals surface area contributed by atoms with E-state index in [1.165, 1.54) is 0 Å². The third-order valence-electron chi connectivity index (χ3n) is 2.73. The fourth-order valence-corrected chi connectivity index (χ4v) is 1.94. The van der Waals surface area contributed by atoms with E-state index in [2.05, 4.69) is 6.92 Å². The van der Waals surface area contributed by atoms with Gasteiger partial charge in [-0.15, -0.1) is 0 Å². The van der Waals surface area contributed by atoms with E-state index in [9.17, 15) is 4.79 Å². The number of likely N-dealkylation sites (tertiary alicyclic amines) is 1. The van der Waals surface area contributed by atoms with E-state index in [0.29, 0.717) is 6.42 Å². The van der Waals surface area contributed by atoms with Gasteiger partial charge in [-0.05, 0) is 25.7 Å². The molecule has 0 aromatic heterocycles. The van der Waals surface area contributed by atoms with Crippen LogP contribution >= 0.6 is 0 Å². The van der Waals surface area contributed by atoms with Crippen molar-refractivity contribution < 1.29 is 9.90 Å². The highest BCUT2D eigenvalue weighted by atomic mass is 16.3. The molecule has 1 aliphatic heterocycles. The molecule has 0 spiro atoms. The monoisotopic (exact) mass is 185 g/mol. The summed E-state index contributed by atoms with van der Waals surface area (Å²) in [5.41, 5.74) is 0. The largest absolute Gasteiger partial charge is 0.396 e. The third kappa shape index (κ3) is 2.69. The van der Waals surface area contributed by atoms with Gasteiger partial charge in [-0.25, -0.2) is 0 Å². The van der Waals surface area contributed by atoms with Gasteiger partial charge in [0.2, 0.25) is 5.91 Å². The molecule has 13 heavy (non-hydrogen) atoms. The van der Waals surface area contributed by atoms with Crippen molar-refractivity contribution in [3.63, 3.8) is 0 Å². The standard InChI is InChI=1S/C10H19NO2/c1-2-9(6-8-12)11-7-4-3-5-10(11)13/h9,12H,2-8H2,1H3. The molecule has 1 heterocycles. The van der Waals surface area contributed by atoms with Crippen LogP contribution in [0, 0.1) is 0 Å². The lowest BCUT2D eigenvalue weighted by atomic mass is 10.0. The first-order chi connectivity index (χ1) is 6.29. The van der Waals surface area contributed by atoms with Crippen molar-refractivity contribution in [3.05, 3.63) is 0 Å². The summed E-state index contributed by atoms with van der Waals surface area (Å²) in [6.07, 6.45) is 4.52. The number of nitrogens with zero attached hydrogens (tertiary/aromatic N) is 1. The SMILES string of the molecule is CCC(CCO)N1CCCCC1=O. The van der Waals surface area contributed by atoms with Gasteiger partial charge in [0.1, 0.15) is 0 Å². The van der Waals surface area contributed by atoms with Crippen LogP contribution in [0.2, 0.25) is 0 Å². The average molecular weight is 185 g/mol. The number of carbonyl (C=O) groups excluding carboxylic acids is 1. The zero-order valence-corrected chi connectivity index (χ0v) is 8.33. The first-order valence-corrected chi connectivity index (χ1v) is 5.20. The summed E-state index contributed by atoms with van der Waals surface area (Å²) in [6, 6.07) is 0.262. The van der Waals surface area contributed by atoms with Crippen LogP contribution in [0.25, 0.3) is 0 Å². The number of aliphatic hydroxyl groups excluding tert-OH is 1. The molecule has 1 aliphatic rings. The van der Waals surface area contributed by atoms with E-state index in [4.69, 9.17) is 5.11 Å². The Balaban J connectivity index is 2.49. The molecule has 0 radical (unpaired) electrons. The van der Waals surface area contributed by atoms with Gasteiger partial charge in [0, 0.05) is 25.6 Å². The van der Waals surface area contributed by atoms with Crippen molar-refractivity contribution in [1.29, 1.82) is 0 Å². The molecule has 76 valence electrons. The Labute approximate surface area is 79.7 Å². The van der Waals surface area contributed by atoms with Gasteiger partial charge in [0.05, 0.1) is 0 Å². The van der Waals surface area contributed by atoms with Crippen molar-refractivity contribution in [3.8, 4) is 0 Å². The van der Waals surface area contributed by atoms with E-state index in [0.717, 1.165) is 32.2 Å². The van der Waals surface area contributed by atoms with Crippen molar-refractivity contribution in [2.45, 2.75) is 45.1 Å². The highest BCUT2D eigenvalue weighted by molar-refractivity contribution is 5.77. The van der Waals surface area contributed by atoms with Crippen LogP contribution in [0.4, 0.5) is 0 Å². The van der Waals surface area contributed by atoms with Crippen LogP contribution in [0.1, 0.15) is 39.0 Å². The van der Waals surface area contributed by atoms with Gasteiger partial charge in [-0.3, -0.25) is 4.79 Å². The number of hydrogen-bond acceptors (Lipinski definition) is 2. The summed E-state index contributed by atoms with van der Waals surface area (Å²) in [5, 5.41) is 8.85. The molecule has 0 aromatic carbocycles.